The molecule has 164 valence electrons. The smallest absolute Gasteiger partial charge is 0.269 e. The number of nitrogens with zero attached hydrogens (tertiary/aromatic N) is 1. The molecular weight excluding hydrogens is 466 g/mol. The van der Waals surface area contributed by atoms with E-state index >= 15 is 0 Å². The van der Waals surface area contributed by atoms with Gasteiger partial charge in [-0.3, -0.25) is 14.9 Å². The van der Waals surface area contributed by atoms with Gasteiger partial charge in [0.15, 0.2) is 0 Å². The summed E-state index contributed by atoms with van der Waals surface area (Å²) in [6, 6.07) is 17.5. The van der Waals surface area contributed by atoms with Crippen molar-refractivity contribution in [1.82, 2.24) is 10.6 Å². The van der Waals surface area contributed by atoms with E-state index in [0.717, 1.165) is 16.8 Å². The molecule has 0 aliphatic carbocycles. The third kappa shape index (κ3) is 5.70. The van der Waals surface area contributed by atoms with E-state index in [1.807, 2.05) is 29.0 Å². The molecule has 3 aromatic rings. The van der Waals surface area contributed by atoms with Crippen LogP contribution in [0, 0.1) is 10.1 Å². The molecule has 1 aliphatic rings. The summed E-state index contributed by atoms with van der Waals surface area (Å²) in [4.78, 5) is 24.6. The van der Waals surface area contributed by atoms with Crippen LogP contribution in [0.3, 0.4) is 0 Å². The summed E-state index contributed by atoms with van der Waals surface area (Å²) in [5.41, 5.74) is 2.70. The average molecular weight is 486 g/mol. The predicted octanol–water partition coefficient (Wildman–Crippen LogP) is 5.46. The topological polar surface area (TPSA) is 84.3 Å². The van der Waals surface area contributed by atoms with Crippen LogP contribution in [0.4, 0.5) is 5.69 Å². The first-order valence-corrected chi connectivity index (χ1v) is 12.1. The number of rotatable bonds is 8. The molecule has 1 aromatic heterocycles. The SMILES string of the molecule is O=C(Cc1cccc(Cl)c1)N[C@@H](Cc1ccc([N+](=O)[O-])cc1)C1=CSC(c2cccs2)N1. The highest BCUT2D eigenvalue weighted by Crippen LogP contribution is 2.37. The van der Waals surface area contributed by atoms with Crippen LogP contribution in [-0.2, 0) is 17.6 Å². The monoisotopic (exact) mass is 485 g/mol. The number of amides is 1. The molecular formula is C23H20ClN3O3S2. The Balaban J connectivity index is 1.49. The van der Waals surface area contributed by atoms with E-state index in [0.29, 0.717) is 11.4 Å². The van der Waals surface area contributed by atoms with Gasteiger partial charge in [0, 0.05) is 27.7 Å². The summed E-state index contributed by atoms with van der Waals surface area (Å²) >= 11 is 9.39. The van der Waals surface area contributed by atoms with E-state index in [1.165, 1.54) is 17.0 Å². The molecule has 0 spiro atoms. The molecule has 1 amide bonds. The molecule has 32 heavy (non-hydrogen) atoms. The van der Waals surface area contributed by atoms with Crippen LogP contribution in [0.5, 0.6) is 0 Å². The zero-order valence-corrected chi connectivity index (χ0v) is 19.3. The lowest BCUT2D eigenvalue weighted by Gasteiger charge is -2.22. The van der Waals surface area contributed by atoms with Crippen LogP contribution in [0.15, 0.2) is 77.1 Å². The largest absolute Gasteiger partial charge is 0.370 e. The van der Waals surface area contributed by atoms with Crippen LogP contribution in [0.1, 0.15) is 21.4 Å². The number of thiophene rings is 1. The van der Waals surface area contributed by atoms with Gasteiger partial charge in [-0.15, -0.1) is 23.1 Å². The van der Waals surface area contributed by atoms with Gasteiger partial charge in [-0.05, 0) is 46.5 Å². The molecule has 9 heteroatoms. The number of hydrogen-bond acceptors (Lipinski definition) is 6. The summed E-state index contributed by atoms with van der Waals surface area (Å²) in [6.45, 7) is 0. The Morgan fingerprint density at radius 3 is 2.66 bits per heavy atom. The molecule has 0 saturated heterocycles. The van der Waals surface area contributed by atoms with Gasteiger partial charge in [0.1, 0.15) is 5.37 Å². The van der Waals surface area contributed by atoms with Gasteiger partial charge in [-0.1, -0.05) is 41.9 Å². The Kier molecular flexibility index (Phi) is 7.14. The van der Waals surface area contributed by atoms with Gasteiger partial charge in [0.05, 0.1) is 17.4 Å². The lowest BCUT2D eigenvalue weighted by Crippen LogP contribution is -2.41. The van der Waals surface area contributed by atoms with Crippen molar-refractivity contribution in [2.75, 3.05) is 0 Å². The first-order chi connectivity index (χ1) is 15.5. The number of carbonyl (C=O) groups is 1. The minimum atomic E-state index is -0.419. The maximum absolute atomic E-state index is 12.8. The van der Waals surface area contributed by atoms with Crippen LogP contribution >= 0.6 is 34.7 Å². The minimum absolute atomic E-state index is 0.0433. The fourth-order valence-corrected chi connectivity index (χ4v) is 5.56. The normalized spacial score (nSPS) is 16.2. The highest BCUT2D eigenvalue weighted by atomic mass is 35.5. The highest BCUT2D eigenvalue weighted by molar-refractivity contribution is 8.02. The summed E-state index contributed by atoms with van der Waals surface area (Å²) in [6.07, 6.45) is 0.724. The minimum Gasteiger partial charge on any atom is -0.370 e. The number of nitro benzene ring substituents is 1. The summed E-state index contributed by atoms with van der Waals surface area (Å²) in [5.74, 6) is -0.119. The number of thioether (sulfide) groups is 1. The molecule has 0 saturated carbocycles. The van der Waals surface area contributed by atoms with Crippen molar-refractivity contribution in [2.24, 2.45) is 0 Å². The second-order valence-electron chi connectivity index (χ2n) is 7.30. The average Bonchev–Trinajstić information content (AvgIpc) is 3.46. The van der Waals surface area contributed by atoms with E-state index in [4.69, 9.17) is 11.6 Å². The van der Waals surface area contributed by atoms with E-state index in [1.54, 1.807) is 47.4 Å². The molecule has 2 heterocycles. The number of hydrogen-bond donors (Lipinski definition) is 2. The molecule has 0 bridgehead atoms. The number of non-ortho nitro benzene ring substituents is 1. The van der Waals surface area contributed by atoms with Crippen LogP contribution in [0.25, 0.3) is 0 Å². The molecule has 0 fully saturated rings. The summed E-state index contributed by atoms with van der Waals surface area (Å²) in [5, 5.41) is 22.4. The Morgan fingerprint density at radius 1 is 1.16 bits per heavy atom. The van der Waals surface area contributed by atoms with Crippen molar-refractivity contribution < 1.29 is 9.72 Å². The number of benzene rings is 2. The Bertz CT molecular complexity index is 1130. The van der Waals surface area contributed by atoms with Crippen LogP contribution in [-0.4, -0.2) is 16.9 Å². The van der Waals surface area contributed by atoms with Crippen molar-refractivity contribution in [1.29, 1.82) is 0 Å². The van der Waals surface area contributed by atoms with Crippen molar-refractivity contribution >= 4 is 46.3 Å². The van der Waals surface area contributed by atoms with E-state index in [2.05, 4.69) is 16.7 Å². The first kappa shape index (κ1) is 22.4. The van der Waals surface area contributed by atoms with E-state index in [-0.39, 0.29) is 29.4 Å². The Morgan fingerprint density at radius 2 is 1.97 bits per heavy atom. The molecule has 0 radical (unpaired) electrons. The maximum Gasteiger partial charge on any atom is 0.269 e. The second-order valence-corrected chi connectivity index (χ2v) is 9.70. The summed E-state index contributed by atoms with van der Waals surface area (Å²) in [7, 11) is 0. The van der Waals surface area contributed by atoms with Gasteiger partial charge < -0.3 is 10.6 Å². The number of carbonyl (C=O) groups excluding carboxylic acids is 1. The second kappa shape index (κ2) is 10.2. The standard InChI is InChI=1S/C23H20ClN3O3S2/c24-17-4-1-3-16(11-17)13-22(28)25-19(12-15-6-8-18(9-7-15)27(29)30)20-14-32-23(26-20)21-5-2-10-31-21/h1-11,14,19,23,26H,12-13H2,(H,25,28)/t19-,23?/m0/s1. The lowest BCUT2D eigenvalue weighted by molar-refractivity contribution is -0.384. The fraction of sp³-hybridized carbons (Fsp3) is 0.174. The first-order valence-electron chi connectivity index (χ1n) is 9.90. The Labute approximate surface area is 198 Å². The molecule has 4 rings (SSSR count). The van der Waals surface area contributed by atoms with Crippen LogP contribution < -0.4 is 10.6 Å². The van der Waals surface area contributed by atoms with Gasteiger partial charge >= 0.3 is 0 Å². The Hall–Kier alpha value is -2.81. The molecule has 1 unspecified atom stereocenters. The van der Waals surface area contributed by atoms with Crippen molar-refractivity contribution in [3.05, 3.63) is 108 Å². The number of nitro groups is 1. The van der Waals surface area contributed by atoms with Crippen molar-refractivity contribution in [3.63, 3.8) is 0 Å². The van der Waals surface area contributed by atoms with Gasteiger partial charge in [-0.2, -0.15) is 0 Å². The van der Waals surface area contributed by atoms with Gasteiger partial charge in [-0.25, -0.2) is 0 Å². The molecule has 2 aromatic carbocycles. The summed E-state index contributed by atoms with van der Waals surface area (Å²) < 4.78 is 0. The lowest BCUT2D eigenvalue weighted by atomic mass is 10.0. The quantitative estimate of drug-likeness (QED) is 0.327. The van der Waals surface area contributed by atoms with E-state index < -0.39 is 4.92 Å². The molecule has 2 N–H and O–H groups in total. The third-order valence-corrected chi connectivity index (χ3v) is 7.34. The molecule has 1 aliphatic heterocycles. The zero-order valence-electron chi connectivity index (χ0n) is 16.9. The van der Waals surface area contributed by atoms with Crippen molar-refractivity contribution in [3.8, 4) is 0 Å². The van der Waals surface area contributed by atoms with Crippen molar-refractivity contribution in [2.45, 2.75) is 24.3 Å². The highest BCUT2D eigenvalue weighted by Gasteiger charge is 2.26. The number of halogens is 1. The third-order valence-electron chi connectivity index (χ3n) is 4.98. The zero-order chi connectivity index (χ0) is 22.5. The predicted molar refractivity (Wildman–Crippen MR) is 130 cm³/mol. The maximum atomic E-state index is 12.8. The van der Waals surface area contributed by atoms with Gasteiger partial charge in [0.25, 0.3) is 5.69 Å². The van der Waals surface area contributed by atoms with E-state index in [9.17, 15) is 14.9 Å². The fourth-order valence-electron chi connectivity index (χ4n) is 3.43. The number of nitrogens with one attached hydrogen (secondary N) is 2. The molecule has 2 atom stereocenters. The van der Waals surface area contributed by atoms with Gasteiger partial charge in [0.2, 0.25) is 5.91 Å². The molecule has 6 nitrogen and oxygen atoms in total. The van der Waals surface area contributed by atoms with Crippen LogP contribution in [0.2, 0.25) is 5.02 Å².